The van der Waals surface area contributed by atoms with Gasteiger partial charge in [-0.3, -0.25) is 4.79 Å². The first-order valence-electron chi connectivity index (χ1n) is 9.13. The number of esters is 1. The molecule has 0 saturated heterocycles. The van der Waals surface area contributed by atoms with Gasteiger partial charge in [0.05, 0.1) is 26.9 Å². The molecule has 29 heavy (non-hydrogen) atoms. The van der Waals surface area contributed by atoms with Crippen LogP contribution in [0.4, 0.5) is 0 Å². The molecule has 0 unspecified atom stereocenters. The van der Waals surface area contributed by atoms with Crippen molar-refractivity contribution in [1.82, 2.24) is 4.98 Å². The molecule has 3 aromatic rings. The first kappa shape index (κ1) is 20.3. The highest BCUT2D eigenvalue weighted by molar-refractivity contribution is 6.09. The van der Waals surface area contributed by atoms with E-state index >= 15 is 0 Å². The number of Topliss-reactive ketones (excluding diaryl/α,β-unsaturated/α-hetero) is 1. The number of H-pyrrole nitrogens is 1. The molecular formula is C22H23NO6. The van der Waals surface area contributed by atoms with Gasteiger partial charge in [-0.15, -0.1) is 0 Å². The Hall–Kier alpha value is -3.48. The van der Waals surface area contributed by atoms with E-state index in [9.17, 15) is 9.59 Å². The number of methoxy groups -OCH3 is 3. The second kappa shape index (κ2) is 8.68. The zero-order valence-corrected chi connectivity index (χ0v) is 16.8. The average molecular weight is 397 g/mol. The van der Waals surface area contributed by atoms with Crippen molar-refractivity contribution >= 4 is 22.7 Å². The van der Waals surface area contributed by atoms with Crippen LogP contribution in [0.2, 0.25) is 0 Å². The Bertz CT molecular complexity index is 1030. The Morgan fingerprint density at radius 1 is 1.00 bits per heavy atom. The SMILES string of the molecule is CCc1cccc2c(C(=O)COC(=O)c3cc(OC)c(OC)c(OC)c3)c[nH]c12. The molecule has 0 spiro atoms. The molecule has 2 aromatic carbocycles. The number of aryl methyl sites for hydroxylation is 1. The zero-order valence-electron chi connectivity index (χ0n) is 16.8. The van der Waals surface area contributed by atoms with Crippen LogP contribution < -0.4 is 14.2 Å². The largest absolute Gasteiger partial charge is 0.493 e. The Kier molecular flexibility index (Phi) is 6.07. The van der Waals surface area contributed by atoms with Gasteiger partial charge < -0.3 is 23.9 Å². The van der Waals surface area contributed by atoms with Gasteiger partial charge in [0.25, 0.3) is 0 Å². The summed E-state index contributed by atoms with van der Waals surface area (Å²) in [6.45, 7) is 1.68. The average Bonchev–Trinajstić information content (AvgIpc) is 3.20. The number of para-hydroxylation sites is 1. The Morgan fingerprint density at radius 3 is 2.28 bits per heavy atom. The van der Waals surface area contributed by atoms with E-state index in [0.717, 1.165) is 22.9 Å². The first-order chi connectivity index (χ1) is 14.0. The third kappa shape index (κ3) is 3.89. The second-order valence-corrected chi connectivity index (χ2v) is 6.31. The van der Waals surface area contributed by atoms with E-state index in [1.54, 1.807) is 6.20 Å². The fourth-order valence-corrected chi connectivity index (χ4v) is 3.23. The highest BCUT2D eigenvalue weighted by Crippen LogP contribution is 2.38. The summed E-state index contributed by atoms with van der Waals surface area (Å²) in [4.78, 5) is 28.3. The molecule has 0 aliphatic heterocycles. The summed E-state index contributed by atoms with van der Waals surface area (Å²) in [5.74, 6) is 0.0767. The minimum Gasteiger partial charge on any atom is -0.493 e. The number of carbonyl (C=O) groups excluding carboxylic acids is 2. The Labute approximate surface area is 168 Å². The number of ether oxygens (including phenoxy) is 4. The predicted molar refractivity (Wildman–Crippen MR) is 108 cm³/mol. The molecule has 7 heteroatoms. The number of carbonyl (C=O) groups is 2. The van der Waals surface area contributed by atoms with E-state index in [-0.39, 0.29) is 18.0 Å². The number of benzene rings is 2. The monoisotopic (exact) mass is 397 g/mol. The number of hydrogen-bond acceptors (Lipinski definition) is 6. The van der Waals surface area contributed by atoms with E-state index in [1.807, 2.05) is 18.2 Å². The number of aromatic amines is 1. The quantitative estimate of drug-likeness (QED) is 0.460. The summed E-state index contributed by atoms with van der Waals surface area (Å²) in [7, 11) is 4.39. The zero-order chi connectivity index (χ0) is 21.0. The predicted octanol–water partition coefficient (Wildman–Crippen LogP) is 3.80. The van der Waals surface area contributed by atoms with E-state index < -0.39 is 5.97 Å². The van der Waals surface area contributed by atoms with Crippen LogP contribution in [-0.2, 0) is 11.2 Å². The normalized spacial score (nSPS) is 10.6. The molecule has 3 rings (SSSR count). The number of rotatable bonds is 8. The van der Waals surface area contributed by atoms with Crippen molar-refractivity contribution in [3.05, 3.63) is 53.2 Å². The van der Waals surface area contributed by atoms with Crippen LogP contribution in [0.5, 0.6) is 17.2 Å². The lowest BCUT2D eigenvalue weighted by atomic mass is 10.1. The van der Waals surface area contributed by atoms with Gasteiger partial charge in [0.2, 0.25) is 11.5 Å². The van der Waals surface area contributed by atoms with Gasteiger partial charge in [-0.2, -0.15) is 0 Å². The summed E-state index contributed by atoms with van der Waals surface area (Å²) in [5, 5.41) is 0.818. The van der Waals surface area contributed by atoms with Gasteiger partial charge in [0.15, 0.2) is 18.1 Å². The van der Waals surface area contributed by atoms with Gasteiger partial charge in [0, 0.05) is 22.7 Å². The third-order valence-corrected chi connectivity index (χ3v) is 4.72. The molecule has 0 atom stereocenters. The van der Waals surface area contributed by atoms with E-state index in [0.29, 0.717) is 22.8 Å². The van der Waals surface area contributed by atoms with Crippen LogP contribution in [0.15, 0.2) is 36.5 Å². The maximum atomic E-state index is 12.6. The number of aromatic nitrogens is 1. The van der Waals surface area contributed by atoms with E-state index in [2.05, 4.69) is 11.9 Å². The smallest absolute Gasteiger partial charge is 0.338 e. The summed E-state index contributed by atoms with van der Waals surface area (Å²) < 4.78 is 21.0. The fraction of sp³-hybridized carbons (Fsp3) is 0.273. The van der Waals surface area contributed by atoms with Crippen LogP contribution in [-0.4, -0.2) is 44.7 Å². The minimum absolute atomic E-state index is 0.194. The van der Waals surface area contributed by atoms with Crippen molar-refractivity contribution in [2.45, 2.75) is 13.3 Å². The van der Waals surface area contributed by atoms with Gasteiger partial charge in [-0.25, -0.2) is 4.79 Å². The molecule has 1 heterocycles. The standard InChI is InChI=1S/C22H23NO6/c1-5-13-7-6-8-15-16(11-23-20(13)15)17(24)12-29-22(25)14-9-18(26-2)21(28-4)19(10-14)27-3/h6-11,23H,5,12H2,1-4H3. The molecule has 0 radical (unpaired) electrons. The maximum absolute atomic E-state index is 12.6. The van der Waals surface area contributed by atoms with Crippen molar-refractivity contribution in [3.8, 4) is 17.2 Å². The molecule has 0 aliphatic carbocycles. The van der Waals surface area contributed by atoms with Crippen LogP contribution in [0.25, 0.3) is 10.9 Å². The Morgan fingerprint density at radius 2 is 1.69 bits per heavy atom. The topological polar surface area (TPSA) is 86.9 Å². The van der Waals surface area contributed by atoms with E-state index in [4.69, 9.17) is 18.9 Å². The lowest BCUT2D eigenvalue weighted by Crippen LogP contribution is -2.14. The van der Waals surface area contributed by atoms with Crippen molar-refractivity contribution in [3.63, 3.8) is 0 Å². The summed E-state index contributed by atoms with van der Waals surface area (Å²) in [6.07, 6.45) is 2.50. The Balaban J connectivity index is 1.78. The molecule has 152 valence electrons. The highest BCUT2D eigenvalue weighted by atomic mass is 16.5. The van der Waals surface area contributed by atoms with Crippen molar-refractivity contribution < 1.29 is 28.5 Å². The van der Waals surface area contributed by atoms with Crippen LogP contribution in [0.1, 0.15) is 33.2 Å². The number of fused-ring (bicyclic) bond motifs is 1. The number of hydrogen-bond donors (Lipinski definition) is 1. The second-order valence-electron chi connectivity index (χ2n) is 6.31. The summed E-state index contributed by atoms with van der Waals surface area (Å²) >= 11 is 0. The molecule has 0 fully saturated rings. The third-order valence-electron chi connectivity index (χ3n) is 4.72. The molecule has 0 amide bonds. The first-order valence-corrected chi connectivity index (χ1v) is 9.13. The van der Waals surface area contributed by atoms with Crippen molar-refractivity contribution in [2.75, 3.05) is 27.9 Å². The van der Waals surface area contributed by atoms with Crippen LogP contribution in [0.3, 0.4) is 0 Å². The molecule has 1 N–H and O–H groups in total. The molecule has 0 bridgehead atoms. The number of ketones is 1. The molecule has 7 nitrogen and oxygen atoms in total. The van der Waals surface area contributed by atoms with Crippen molar-refractivity contribution in [1.29, 1.82) is 0 Å². The van der Waals surface area contributed by atoms with Gasteiger partial charge in [-0.1, -0.05) is 25.1 Å². The summed E-state index contributed by atoms with van der Waals surface area (Å²) in [5.41, 5.74) is 2.73. The molecule has 1 aromatic heterocycles. The van der Waals surface area contributed by atoms with Gasteiger partial charge >= 0.3 is 5.97 Å². The summed E-state index contributed by atoms with van der Waals surface area (Å²) in [6, 6.07) is 8.76. The lowest BCUT2D eigenvalue weighted by Gasteiger charge is -2.13. The van der Waals surface area contributed by atoms with E-state index in [1.165, 1.54) is 33.5 Å². The van der Waals surface area contributed by atoms with Crippen LogP contribution >= 0.6 is 0 Å². The molecule has 0 aliphatic rings. The lowest BCUT2D eigenvalue weighted by molar-refractivity contribution is 0.0474. The van der Waals surface area contributed by atoms with Gasteiger partial charge in [-0.05, 0) is 24.1 Å². The van der Waals surface area contributed by atoms with Crippen molar-refractivity contribution in [2.24, 2.45) is 0 Å². The molecule has 0 saturated carbocycles. The minimum atomic E-state index is -0.660. The highest BCUT2D eigenvalue weighted by Gasteiger charge is 2.20. The molecular weight excluding hydrogens is 374 g/mol. The van der Waals surface area contributed by atoms with Crippen LogP contribution in [0, 0.1) is 0 Å². The van der Waals surface area contributed by atoms with Gasteiger partial charge in [0.1, 0.15) is 0 Å². The maximum Gasteiger partial charge on any atom is 0.338 e. The number of nitrogens with one attached hydrogen (secondary N) is 1. The fourth-order valence-electron chi connectivity index (χ4n) is 3.23.